The Morgan fingerprint density at radius 3 is 2.44 bits per heavy atom. The number of rotatable bonds is 3. The van der Waals surface area contributed by atoms with Crippen molar-refractivity contribution < 1.29 is 14.3 Å². The standard InChI is InChI=1S/C24H25FO2/c1-5-14-7-8-15(16-9-6-13(2)10-20(16)25)11-17(14)21-22(26)18-12-19(23(21)27)24(18,3)4/h6-11,18-19,26H,5,12H2,1-4H3. The quantitative estimate of drug-likeness (QED) is 0.739. The van der Waals surface area contributed by atoms with Gasteiger partial charge in [-0.15, -0.1) is 0 Å². The molecule has 1 fully saturated rings. The molecule has 2 aromatic carbocycles. The first-order valence-corrected chi connectivity index (χ1v) is 9.62. The van der Waals surface area contributed by atoms with Crippen LogP contribution in [-0.2, 0) is 11.2 Å². The van der Waals surface area contributed by atoms with Gasteiger partial charge in [-0.3, -0.25) is 4.79 Å². The molecule has 0 amide bonds. The zero-order valence-corrected chi connectivity index (χ0v) is 16.3. The van der Waals surface area contributed by atoms with Gasteiger partial charge in [0.05, 0.1) is 5.57 Å². The van der Waals surface area contributed by atoms with Crippen LogP contribution in [0, 0.1) is 30.0 Å². The predicted molar refractivity (Wildman–Crippen MR) is 106 cm³/mol. The molecule has 0 aromatic heterocycles. The van der Waals surface area contributed by atoms with Crippen molar-refractivity contribution in [1.82, 2.24) is 0 Å². The lowest BCUT2D eigenvalue weighted by atomic mass is 9.48. The highest BCUT2D eigenvalue weighted by Gasteiger charge is 2.58. The summed E-state index contributed by atoms with van der Waals surface area (Å²) in [6.07, 6.45) is 1.48. The maximum absolute atomic E-state index is 14.5. The Morgan fingerprint density at radius 2 is 1.85 bits per heavy atom. The van der Waals surface area contributed by atoms with Gasteiger partial charge in [-0.05, 0) is 59.6 Å². The van der Waals surface area contributed by atoms with Crippen molar-refractivity contribution in [2.45, 2.75) is 40.5 Å². The molecule has 2 unspecified atom stereocenters. The van der Waals surface area contributed by atoms with Crippen molar-refractivity contribution in [2.24, 2.45) is 17.3 Å². The third-order valence-corrected chi connectivity index (χ3v) is 6.61. The third-order valence-electron chi connectivity index (χ3n) is 6.61. The average molecular weight is 364 g/mol. The van der Waals surface area contributed by atoms with Crippen molar-refractivity contribution in [3.63, 3.8) is 0 Å². The van der Waals surface area contributed by atoms with Crippen LogP contribution in [0.25, 0.3) is 16.7 Å². The number of Topliss-reactive ketones (excluding diaryl/α,β-unsaturated/α-hetero) is 1. The monoisotopic (exact) mass is 364 g/mol. The van der Waals surface area contributed by atoms with Crippen LogP contribution in [0.15, 0.2) is 42.2 Å². The van der Waals surface area contributed by atoms with Gasteiger partial charge in [-0.1, -0.05) is 45.0 Å². The number of aliphatic hydroxyl groups excluding tert-OH is 1. The summed E-state index contributed by atoms with van der Waals surface area (Å²) in [6, 6.07) is 10.9. The fraction of sp³-hybridized carbons (Fsp3) is 0.375. The highest BCUT2D eigenvalue weighted by Crippen LogP contribution is 2.60. The molecular formula is C24H25FO2. The second kappa shape index (κ2) is 6.05. The summed E-state index contributed by atoms with van der Waals surface area (Å²) in [5, 5.41) is 10.9. The van der Waals surface area contributed by atoms with Crippen LogP contribution in [-0.4, -0.2) is 10.9 Å². The number of aryl methyl sites for hydroxylation is 2. The average Bonchev–Trinajstić information content (AvgIpc) is 2.60. The van der Waals surface area contributed by atoms with Crippen molar-refractivity contribution in [2.75, 3.05) is 0 Å². The number of fused-ring (bicyclic) bond motifs is 1. The summed E-state index contributed by atoms with van der Waals surface area (Å²) in [6.45, 7) is 7.99. The summed E-state index contributed by atoms with van der Waals surface area (Å²) >= 11 is 0. The van der Waals surface area contributed by atoms with Crippen LogP contribution in [0.4, 0.5) is 4.39 Å². The van der Waals surface area contributed by atoms with E-state index in [4.69, 9.17) is 0 Å². The number of hydrogen-bond acceptors (Lipinski definition) is 2. The molecule has 1 saturated carbocycles. The fourth-order valence-electron chi connectivity index (χ4n) is 4.72. The van der Waals surface area contributed by atoms with Crippen LogP contribution in [0.2, 0.25) is 0 Å². The lowest BCUT2D eigenvalue weighted by molar-refractivity contribution is -0.135. The van der Waals surface area contributed by atoms with E-state index in [9.17, 15) is 14.3 Å². The van der Waals surface area contributed by atoms with Crippen LogP contribution in [0.3, 0.4) is 0 Å². The van der Waals surface area contributed by atoms with Crippen LogP contribution in [0.1, 0.15) is 43.9 Å². The van der Waals surface area contributed by atoms with Gasteiger partial charge in [0.1, 0.15) is 11.6 Å². The number of benzene rings is 2. The molecule has 27 heavy (non-hydrogen) atoms. The number of carbonyl (C=O) groups excluding carboxylic acids is 1. The summed E-state index contributed by atoms with van der Waals surface area (Å²) in [4.78, 5) is 13.1. The lowest BCUT2D eigenvalue weighted by Gasteiger charge is -2.54. The Kier molecular flexibility index (Phi) is 4.03. The molecule has 2 aromatic rings. The highest BCUT2D eigenvalue weighted by molar-refractivity contribution is 6.25. The van der Waals surface area contributed by atoms with Crippen molar-refractivity contribution in [3.8, 4) is 11.1 Å². The first kappa shape index (κ1) is 18.0. The molecule has 140 valence electrons. The van der Waals surface area contributed by atoms with Crippen molar-refractivity contribution >= 4 is 11.4 Å². The van der Waals surface area contributed by atoms with Gasteiger partial charge in [0.25, 0.3) is 0 Å². The minimum Gasteiger partial charge on any atom is -0.511 e. The Morgan fingerprint density at radius 1 is 1.11 bits per heavy atom. The number of carbonyl (C=O) groups is 1. The SMILES string of the molecule is CCc1ccc(-c2ccc(C)cc2F)cc1C1=C(O)C2CC(C1=O)C2(C)C. The molecule has 2 bridgehead atoms. The third kappa shape index (κ3) is 2.55. The molecular weight excluding hydrogens is 339 g/mol. The molecule has 0 radical (unpaired) electrons. The summed E-state index contributed by atoms with van der Waals surface area (Å²) in [5.41, 5.74) is 4.12. The summed E-state index contributed by atoms with van der Waals surface area (Å²) < 4.78 is 14.5. The van der Waals surface area contributed by atoms with Gasteiger partial charge in [0, 0.05) is 17.4 Å². The molecule has 0 saturated heterocycles. The molecule has 3 aliphatic carbocycles. The Hall–Kier alpha value is -2.42. The van der Waals surface area contributed by atoms with E-state index in [1.54, 1.807) is 6.07 Å². The van der Waals surface area contributed by atoms with Gasteiger partial charge in [-0.2, -0.15) is 0 Å². The van der Waals surface area contributed by atoms with Crippen LogP contribution < -0.4 is 0 Å². The normalized spacial score (nSPS) is 23.4. The van der Waals surface area contributed by atoms with E-state index < -0.39 is 0 Å². The molecule has 0 heterocycles. The number of ketones is 1. The van der Waals surface area contributed by atoms with Gasteiger partial charge >= 0.3 is 0 Å². The molecule has 0 aliphatic heterocycles. The van der Waals surface area contributed by atoms with Gasteiger partial charge in [-0.25, -0.2) is 4.39 Å². The molecule has 3 aliphatic rings. The first-order chi connectivity index (χ1) is 12.8. The second-order valence-corrected chi connectivity index (χ2v) is 8.50. The van der Waals surface area contributed by atoms with Gasteiger partial charge in [0.15, 0.2) is 5.78 Å². The van der Waals surface area contributed by atoms with E-state index in [0.717, 1.165) is 35.1 Å². The zero-order valence-electron chi connectivity index (χ0n) is 16.3. The van der Waals surface area contributed by atoms with Crippen molar-refractivity contribution in [1.29, 1.82) is 0 Å². The van der Waals surface area contributed by atoms with E-state index >= 15 is 0 Å². The van der Waals surface area contributed by atoms with E-state index in [1.165, 1.54) is 6.07 Å². The van der Waals surface area contributed by atoms with Crippen LogP contribution >= 0.6 is 0 Å². The number of allylic oxidation sites excluding steroid dienone is 2. The minimum absolute atomic E-state index is 0.0243. The molecule has 3 heteroatoms. The lowest BCUT2D eigenvalue weighted by Crippen LogP contribution is -2.53. The Labute approximate surface area is 159 Å². The molecule has 0 spiro atoms. The highest BCUT2D eigenvalue weighted by atomic mass is 19.1. The van der Waals surface area contributed by atoms with Gasteiger partial charge in [0.2, 0.25) is 0 Å². The number of aliphatic hydroxyl groups is 1. The minimum atomic E-state index is -0.276. The Bertz CT molecular complexity index is 984. The summed E-state index contributed by atoms with van der Waals surface area (Å²) in [7, 11) is 0. The largest absolute Gasteiger partial charge is 0.511 e. The number of hydrogen-bond donors (Lipinski definition) is 1. The number of halogens is 1. The van der Waals surface area contributed by atoms with E-state index in [-0.39, 0.29) is 34.6 Å². The molecule has 1 N–H and O–H groups in total. The van der Waals surface area contributed by atoms with Gasteiger partial charge < -0.3 is 5.11 Å². The van der Waals surface area contributed by atoms with E-state index in [0.29, 0.717) is 11.1 Å². The topological polar surface area (TPSA) is 37.3 Å². The smallest absolute Gasteiger partial charge is 0.170 e. The van der Waals surface area contributed by atoms with Crippen molar-refractivity contribution in [3.05, 3.63) is 64.7 Å². The molecule has 2 atom stereocenters. The predicted octanol–water partition coefficient (Wildman–Crippen LogP) is 5.88. The maximum atomic E-state index is 14.5. The van der Waals surface area contributed by atoms with E-state index in [2.05, 4.69) is 13.8 Å². The second-order valence-electron chi connectivity index (χ2n) is 8.50. The fourth-order valence-corrected chi connectivity index (χ4v) is 4.72. The Balaban J connectivity index is 1.88. The van der Waals surface area contributed by atoms with Crippen LogP contribution in [0.5, 0.6) is 0 Å². The maximum Gasteiger partial charge on any atom is 0.170 e. The molecule has 5 rings (SSSR count). The zero-order chi connectivity index (χ0) is 19.5. The van der Waals surface area contributed by atoms with E-state index in [1.807, 2.05) is 38.1 Å². The summed E-state index contributed by atoms with van der Waals surface area (Å²) in [5.74, 6) is -0.0557. The molecule has 2 nitrogen and oxygen atoms in total. The first-order valence-electron chi connectivity index (χ1n) is 9.62.